The topological polar surface area (TPSA) is 71.0 Å². The molecule has 7 heteroatoms. The number of aromatic nitrogens is 3. The van der Waals surface area contributed by atoms with Crippen molar-refractivity contribution in [3.05, 3.63) is 81.8 Å². The van der Waals surface area contributed by atoms with Gasteiger partial charge in [-0.2, -0.15) is 5.10 Å². The van der Waals surface area contributed by atoms with Crippen LogP contribution in [0.2, 0.25) is 0 Å². The fourth-order valence-corrected chi connectivity index (χ4v) is 4.01. The van der Waals surface area contributed by atoms with Gasteiger partial charge in [-0.3, -0.25) is 4.79 Å². The SMILES string of the molecule is Cc1ccccc1C(=O)N1CCC[C@H](Cc2n[nH]c(=O)n2-c2ccccc2F)C1. The van der Waals surface area contributed by atoms with Crippen LogP contribution in [0.1, 0.15) is 34.6 Å². The zero-order valence-electron chi connectivity index (χ0n) is 16.3. The number of aryl methyl sites for hydroxylation is 1. The number of carbonyl (C=O) groups is 1. The van der Waals surface area contributed by atoms with Crippen molar-refractivity contribution >= 4 is 5.91 Å². The number of rotatable bonds is 4. The number of hydrogen-bond donors (Lipinski definition) is 1. The first-order valence-corrected chi connectivity index (χ1v) is 9.80. The zero-order valence-corrected chi connectivity index (χ0v) is 16.3. The molecule has 1 N–H and O–H groups in total. The van der Waals surface area contributed by atoms with Crippen LogP contribution in [0.3, 0.4) is 0 Å². The summed E-state index contributed by atoms with van der Waals surface area (Å²) in [5, 5.41) is 6.55. The van der Waals surface area contributed by atoms with E-state index in [9.17, 15) is 14.0 Å². The van der Waals surface area contributed by atoms with Crippen LogP contribution >= 0.6 is 0 Å². The monoisotopic (exact) mass is 394 g/mol. The molecule has 150 valence electrons. The Balaban J connectivity index is 1.54. The maximum Gasteiger partial charge on any atom is 0.348 e. The minimum atomic E-state index is -0.475. The third-order valence-corrected chi connectivity index (χ3v) is 5.49. The average molecular weight is 394 g/mol. The number of nitrogens with zero attached hydrogens (tertiary/aromatic N) is 3. The lowest BCUT2D eigenvalue weighted by Gasteiger charge is -2.33. The number of aromatic amines is 1. The number of para-hydroxylation sites is 1. The van der Waals surface area contributed by atoms with E-state index in [0.29, 0.717) is 25.3 Å². The molecular formula is C22H23FN4O2. The van der Waals surface area contributed by atoms with Crippen molar-refractivity contribution in [2.24, 2.45) is 5.92 Å². The molecule has 0 saturated carbocycles. The van der Waals surface area contributed by atoms with Gasteiger partial charge in [0, 0.05) is 25.1 Å². The van der Waals surface area contributed by atoms with Gasteiger partial charge in [0.1, 0.15) is 11.6 Å². The lowest BCUT2D eigenvalue weighted by molar-refractivity contribution is 0.0671. The molecule has 0 aliphatic carbocycles. The molecule has 0 bridgehead atoms. The standard InChI is InChI=1S/C22H23FN4O2/c1-15-7-2-3-9-17(15)21(28)26-12-6-8-16(14-26)13-20-24-25-22(29)27(20)19-11-5-4-10-18(19)23/h2-5,7,9-11,16H,6,8,12-14H2,1H3,(H,25,29)/t16-/m1/s1. The predicted octanol–water partition coefficient (Wildman–Crippen LogP) is 3.10. The van der Waals surface area contributed by atoms with E-state index in [1.54, 1.807) is 18.2 Å². The molecule has 0 unspecified atom stereocenters. The van der Waals surface area contributed by atoms with E-state index in [2.05, 4.69) is 10.2 Å². The maximum absolute atomic E-state index is 14.2. The molecule has 29 heavy (non-hydrogen) atoms. The normalized spacial score (nSPS) is 16.8. The van der Waals surface area contributed by atoms with Crippen molar-refractivity contribution in [2.45, 2.75) is 26.2 Å². The van der Waals surface area contributed by atoms with Gasteiger partial charge in [0.05, 0.1) is 5.69 Å². The largest absolute Gasteiger partial charge is 0.348 e. The maximum atomic E-state index is 14.2. The molecule has 4 rings (SSSR count). The molecule has 1 amide bonds. The summed E-state index contributed by atoms with van der Waals surface area (Å²) >= 11 is 0. The number of H-pyrrole nitrogens is 1. The van der Waals surface area contributed by atoms with E-state index < -0.39 is 11.5 Å². The first-order chi connectivity index (χ1) is 14.0. The second-order valence-electron chi connectivity index (χ2n) is 7.51. The number of amides is 1. The van der Waals surface area contributed by atoms with Gasteiger partial charge in [-0.25, -0.2) is 18.9 Å². The summed E-state index contributed by atoms with van der Waals surface area (Å²) in [5.74, 6) is 0.186. The van der Waals surface area contributed by atoms with Gasteiger partial charge in [-0.05, 0) is 49.4 Å². The van der Waals surface area contributed by atoms with Crippen LogP contribution in [0.5, 0.6) is 0 Å². The number of nitrogens with one attached hydrogen (secondary N) is 1. The van der Waals surface area contributed by atoms with Crippen LogP contribution in [0.25, 0.3) is 5.69 Å². The molecule has 1 atom stereocenters. The van der Waals surface area contributed by atoms with E-state index >= 15 is 0 Å². The molecule has 3 aromatic rings. The highest BCUT2D eigenvalue weighted by atomic mass is 19.1. The quantitative estimate of drug-likeness (QED) is 0.739. The number of likely N-dealkylation sites (tertiary alicyclic amines) is 1. The lowest BCUT2D eigenvalue weighted by atomic mass is 9.93. The second-order valence-corrected chi connectivity index (χ2v) is 7.51. The van der Waals surface area contributed by atoms with Crippen LogP contribution in [-0.4, -0.2) is 38.7 Å². The van der Waals surface area contributed by atoms with Crippen molar-refractivity contribution in [1.82, 2.24) is 19.7 Å². The summed E-state index contributed by atoms with van der Waals surface area (Å²) in [7, 11) is 0. The van der Waals surface area contributed by atoms with Crippen molar-refractivity contribution in [3.8, 4) is 5.69 Å². The molecule has 2 heterocycles. The predicted molar refractivity (Wildman–Crippen MR) is 108 cm³/mol. The van der Waals surface area contributed by atoms with Gasteiger partial charge in [0.2, 0.25) is 0 Å². The van der Waals surface area contributed by atoms with Gasteiger partial charge < -0.3 is 4.90 Å². The molecule has 1 aliphatic heterocycles. The van der Waals surface area contributed by atoms with Crippen molar-refractivity contribution in [2.75, 3.05) is 13.1 Å². The Labute approximate surface area is 168 Å². The summed E-state index contributed by atoms with van der Waals surface area (Å²) in [6.07, 6.45) is 2.30. The van der Waals surface area contributed by atoms with Crippen LogP contribution in [0, 0.1) is 18.7 Å². The molecule has 6 nitrogen and oxygen atoms in total. The molecule has 1 aliphatic rings. The van der Waals surface area contributed by atoms with Gasteiger partial charge in [-0.1, -0.05) is 30.3 Å². The Bertz CT molecular complexity index is 1090. The number of hydrogen-bond acceptors (Lipinski definition) is 3. The van der Waals surface area contributed by atoms with E-state index in [0.717, 1.165) is 24.0 Å². The summed E-state index contributed by atoms with van der Waals surface area (Å²) in [4.78, 5) is 27.1. The Morgan fingerprint density at radius 3 is 2.76 bits per heavy atom. The Morgan fingerprint density at radius 2 is 1.97 bits per heavy atom. The number of piperidine rings is 1. The van der Waals surface area contributed by atoms with E-state index in [1.165, 1.54) is 10.6 Å². The molecule has 1 saturated heterocycles. The molecule has 1 fully saturated rings. The van der Waals surface area contributed by atoms with Crippen molar-refractivity contribution < 1.29 is 9.18 Å². The minimum absolute atomic E-state index is 0.0290. The third kappa shape index (κ3) is 3.85. The number of halogens is 1. The molecule has 0 radical (unpaired) electrons. The smallest absolute Gasteiger partial charge is 0.338 e. The first-order valence-electron chi connectivity index (χ1n) is 9.80. The van der Waals surface area contributed by atoms with E-state index in [4.69, 9.17) is 0 Å². The van der Waals surface area contributed by atoms with Gasteiger partial charge in [0.25, 0.3) is 5.91 Å². The third-order valence-electron chi connectivity index (χ3n) is 5.49. The zero-order chi connectivity index (χ0) is 20.4. The summed E-state index contributed by atoms with van der Waals surface area (Å²) < 4.78 is 15.5. The molecule has 1 aromatic heterocycles. The first kappa shape index (κ1) is 19.1. The highest BCUT2D eigenvalue weighted by Crippen LogP contribution is 2.23. The van der Waals surface area contributed by atoms with Crippen LogP contribution in [-0.2, 0) is 6.42 Å². The summed E-state index contributed by atoms with van der Waals surface area (Å²) in [6, 6.07) is 13.7. The van der Waals surface area contributed by atoms with E-state index in [-0.39, 0.29) is 17.5 Å². The fourth-order valence-electron chi connectivity index (χ4n) is 4.01. The van der Waals surface area contributed by atoms with Crippen LogP contribution in [0.4, 0.5) is 4.39 Å². The summed E-state index contributed by atoms with van der Waals surface area (Å²) in [5.41, 5.74) is 1.40. The minimum Gasteiger partial charge on any atom is -0.338 e. The van der Waals surface area contributed by atoms with Crippen molar-refractivity contribution in [1.29, 1.82) is 0 Å². The Morgan fingerprint density at radius 1 is 1.21 bits per heavy atom. The fraction of sp³-hybridized carbons (Fsp3) is 0.318. The molecule has 0 spiro atoms. The van der Waals surface area contributed by atoms with Gasteiger partial charge in [-0.15, -0.1) is 0 Å². The summed E-state index contributed by atoms with van der Waals surface area (Å²) in [6.45, 7) is 3.24. The number of benzene rings is 2. The van der Waals surface area contributed by atoms with Crippen LogP contribution in [0.15, 0.2) is 53.3 Å². The Kier molecular flexibility index (Phi) is 5.29. The van der Waals surface area contributed by atoms with Crippen LogP contribution < -0.4 is 5.69 Å². The second kappa shape index (κ2) is 8.03. The highest BCUT2D eigenvalue weighted by molar-refractivity contribution is 5.95. The van der Waals surface area contributed by atoms with Gasteiger partial charge in [0.15, 0.2) is 0 Å². The lowest BCUT2D eigenvalue weighted by Crippen LogP contribution is -2.41. The Hall–Kier alpha value is -3.22. The highest BCUT2D eigenvalue weighted by Gasteiger charge is 2.27. The van der Waals surface area contributed by atoms with Crippen molar-refractivity contribution in [3.63, 3.8) is 0 Å². The average Bonchev–Trinajstić information content (AvgIpc) is 3.08. The van der Waals surface area contributed by atoms with Gasteiger partial charge >= 0.3 is 5.69 Å². The molecule has 2 aromatic carbocycles. The molecular weight excluding hydrogens is 371 g/mol. The van der Waals surface area contributed by atoms with E-state index in [1.807, 2.05) is 36.1 Å². The number of carbonyl (C=O) groups excluding carboxylic acids is 1.